The van der Waals surface area contributed by atoms with Gasteiger partial charge in [0.15, 0.2) is 0 Å². The van der Waals surface area contributed by atoms with Crippen LogP contribution >= 0.6 is 0 Å². The number of hydrogen-bond donors (Lipinski definition) is 1. The molecule has 18 heavy (non-hydrogen) atoms. The molecule has 1 aromatic carbocycles. The van der Waals surface area contributed by atoms with Gasteiger partial charge in [-0.15, -0.1) is 0 Å². The third kappa shape index (κ3) is 3.47. The van der Waals surface area contributed by atoms with Gasteiger partial charge in [-0.05, 0) is 25.5 Å². The minimum absolute atomic E-state index is 0.0215. The van der Waals surface area contributed by atoms with Crippen molar-refractivity contribution in [2.75, 3.05) is 20.3 Å². The number of nitrogens with zero attached hydrogens (tertiary/aromatic N) is 1. The van der Waals surface area contributed by atoms with E-state index in [-0.39, 0.29) is 17.7 Å². The normalized spacial score (nSPS) is 12.2. The standard InChI is InChI=1S/C14H21NO3/c1-4-11(2)15(9-10-18-3)14(17)12-7-5-6-8-13(12)16/h5-8,11,16H,4,9-10H2,1-3H3. The lowest BCUT2D eigenvalue weighted by molar-refractivity contribution is 0.0611. The monoisotopic (exact) mass is 251 g/mol. The summed E-state index contributed by atoms with van der Waals surface area (Å²) in [4.78, 5) is 14.1. The first-order valence-corrected chi connectivity index (χ1v) is 6.19. The molecule has 0 aliphatic heterocycles. The molecule has 0 bridgehead atoms. The minimum atomic E-state index is -0.153. The Bertz CT molecular complexity index is 392. The van der Waals surface area contributed by atoms with Crippen molar-refractivity contribution >= 4 is 5.91 Å². The van der Waals surface area contributed by atoms with Gasteiger partial charge in [-0.25, -0.2) is 0 Å². The van der Waals surface area contributed by atoms with Crippen LogP contribution < -0.4 is 0 Å². The summed E-state index contributed by atoms with van der Waals surface area (Å²) in [5.41, 5.74) is 0.342. The largest absolute Gasteiger partial charge is 0.507 e. The van der Waals surface area contributed by atoms with Gasteiger partial charge in [-0.2, -0.15) is 0 Å². The van der Waals surface area contributed by atoms with E-state index in [1.165, 1.54) is 6.07 Å². The van der Waals surface area contributed by atoms with Crippen molar-refractivity contribution < 1.29 is 14.6 Å². The van der Waals surface area contributed by atoms with Gasteiger partial charge < -0.3 is 14.7 Å². The van der Waals surface area contributed by atoms with Crippen LogP contribution in [-0.2, 0) is 4.74 Å². The zero-order chi connectivity index (χ0) is 13.5. The predicted molar refractivity (Wildman–Crippen MR) is 70.8 cm³/mol. The van der Waals surface area contributed by atoms with Gasteiger partial charge in [0.1, 0.15) is 5.75 Å². The summed E-state index contributed by atoms with van der Waals surface area (Å²) in [6, 6.07) is 6.73. The summed E-state index contributed by atoms with van der Waals surface area (Å²) in [6.45, 7) is 5.04. The predicted octanol–water partition coefficient (Wildman–Crippen LogP) is 2.28. The van der Waals surface area contributed by atoms with Crippen LogP contribution in [0.2, 0.25) is 0 Å². The van der Waals surface area contributed by atoms with Crippen molar-refractivity contribution in [1.82, 2.24) is 4.90 Å². The number of aromatic hydroxyl groups is 1. The molecular weight excluding hydrogens is 230 g/mol. The number of benzene rings is 1. The molecule has 1 aromatic rings. The van der Waals surface area contributed by atoms with Crippen molar-refractivity contribution in [3.8, 4) is 5.75 Å². The van der Waals surface area contributed by atoms with E-state index in [0.717, 1.165) is 6.42 Å². The molecule has 4 nitrogen and oxygen atoms in total. The van der Waals surface area contributed by atoms with Gasteiger partial charge in [-0.3, -0.25) is 4.79 Å². The van der Waals surface area contributed by atoms with Crippen molar-refractivity contribution in [2.24, 2.45) is 0 Å². The molecule has 4 heteroatoms. The molecule has 100 valence electrons. The number of rotatable bonds is 6. The van der Waals surface area contributed by atoms with E-state index in [1.54, 1.807) is 30.2 Å². The first-order chi connectivity index (χ1) is 8.61. The molecule has 0 aromatic heterocycles. The number of para-hydroxylation sites is 1. The lowest BCUT2D eigenvalue weighted by Crippen LogP contribution is -2.40. The van der Waals surface area contributed by atoms with Crippen LogP contribution in [0.15, 0.2) is 24.3 Å². The quantitative estimate of drug-likeness (QED) is 0.843. The summed E-state index contributed by atoms with van der Waals surface area (Å²) >= 11 is 0. The SMILES string of the molecule is CCC(C)N(CCOC)C(=O)c1ccccc1O. The van der Waals surface area contributed by atoms with E-state index in [0.29, 0.717) is 18.7 Å². The molecular formula is C14H21NO3. The van der Waals surface area contributed by atoms with Gasteiger partial charge in [0, 0.05) is 19.7 Å². The Morgan fingerprint density at radius 2 is 2.11 bits per heavy atom. The topological polar surface area (TPSA) is 49.8 Å². The first-order valence-electron chi connectivity index (χ1n) is 6.19. The maximum Gasteiger partial charge on any atom is 0.257 e. The van der Waals surface area contributed by atoms with Crippen LogP contribution in [0.25, 0.3) is 0 Å². The number of amides is 1. The fraction of sp³-hybridized carbons (Fsp3) is 0.500. The molecule has 1 amide bonds. The highest BCUT2D eigenvalue weighted by Gasteiger charge is 2.22. The van der Waals surface area contributed by atoms with E-state index in [9.17, 15) is 9.90 Å². The Morgan fingerprint density at radius 3 is 2.67 bits per heavy atom. The number of ether oxygens (including phenoxy) is 1. The fourth-order valence-corrected chi connectivity index (χ4v) is 1.74. The molecule has 0 saturated carbocycles. The smallest absolute Gasteiger partial charge is 0.257 e. The molecule has 0 radical (unpaired) electrons. The lowest BCUT2D eigenvalue weighted by Gasteiger charge is -2.28. The number of phenolic OH excluding ortho intramolecular Hbond substituents is 1. The van der Waals surface area contributed by atoms with Crippen LogP contribution in [0.5, 0.6) is 5.75 Å². The maximum atomic E-state index is 12.4. The third-order valence-corrected chi connectivity index (χ3v) is 3.05. The van der Waals surface area contributed by atoms with Crippen molar-refractivity contribution in [3.05, 3.63) is 29.8 Å². The molecule has 0 aliphatic rings. The van der Waals surface area contributed by atoms with Gasteiger partial charge in [0.05, 0.1) is 12.2 Å². The van der Waals surface area contributed by atoms with Crippen molar-refractivity contribution in [3.63, 3.8) is 0 Å². The average Bonchev–Trinajstić information content (AvgIpc) is 2.39. The zero-order valence-electron chi connectivity index (χ0n) is 11.2. The van der Waals surface area contributed by atoms with Crippen molar-refractivity contribution in [1.29, 1.82) is 0 Å². The lowest BCUT2D eigenvalue weighted by atomic mass is 10.1. The van der Waals surface area contributed by atoms with Crippen molar-refractivity contribution in [2.45, 2.75) is 26.3 Å². The second kappa shape index (κ2) is 7.01. The van der Waals surface area contributed by atoms with E-state index in [2.05, 4.69) is 0 Å². The highest BCUT2D eigenvalue weighted by Crippen LogP contribution is 2.19. The molecule has 0 heterocycles. The molecule has 0 spiro atoms. The Labute approximate surface area is 108 Å². The highest BCUT2D eigenvalue weighted by atomic mass is 16.5. The maximum absolute atomic E-state index is 12.4. The second-order valence-corrected chi connectivity index (χ2v) is 4.27. The second-order valence-electron chi connectivity index (χ2n) is 4.27. The number of carbonyl (C=O) groups excluding carboxylic acids is 1. The van der Waals surface area contributed by atoms with E-state index in [4.69, 9.17) is 4.74 Å². The van der Waals surface area contributed by atoms with Crippen LogP contribution in [0, 0.1) is 0 Å². The summed E-state index contributed by atoms with van der Waals surface area (Å²) < 4.78 is 5.03. The van der Waals surface area contributed by atoms with Crippen LogP contribution in [0.4, 0.5) is 0 Å². The Morgan fingerprint density at radius 1 is 1.44 bits per heavy atom. The van der Waals surface area contributed by atoms with Gasteiger partial charge in [0.25, 0.3) is 5.91 Å². The van der Waals surface area contributed by atoms with Gasteiger partial charge in [0.2, 0.25) is 0 Å². The summed E-state index contributed by atoms with van der Waals surface area (Å²) in [5.74, 6) is -0.132. The van der Waals surface area contributed by atoms with Crippen LogP contribution in [0.3, 0.4) is 0 Å². The number of carbonyl (C=O) groups is 1. The summed E-state index contributed by atoms with van der Waals surface area (Å²) in [5, 5.41) is 9.73. The Balaban J connectivity index is 2.91. The van der Waals surface area contributed by atoms with Gasteiger partial charge >= 0.3 is 0 Å². The number of phenols is 1. The summed E-state index contributed by atoms with van der Waals surface area (Å²) in [6.07, 6.45) is 0.864. The van der Waals surface area contributed by atoms with E-state index in [1.807, 2.05) is 13.8 Å². The number of hydrogen-bond acceptors (Lipinski definition) is 3. The molecule has 0 saturated heterocycles. The van der Waals surface area contributed by atoms with Gasteiger partial charge in [-0.1, -0.05) is 19.1 Å². The molecule has 1 N–H and O–H groups in total. The minimum Gasteiger partial charge on any atom is -0.507 e. The Hall–Kier alpha value is -1.55. The summed E-state index contributed by atoms with van der Waals surface area (Å²) in [7, 11) is 1.61. The molecule has 1 atom stereocenters. The molecule has 0 aliphatic carbocycles. The van der Waals surface area contributed by atoms with Crippen LogP contribution in [-0.4, -0.2) is 42.2 Å². The fourth-order valence-electron chi connectivity index (χ4n) is 1.74. The third-order valence-electron chi connectivity index (χ3n) is 3.05. The van der Waals surface area contributed by atoms with Crippen LogP contribution in [0.1, 0.15) is 30.6 Å². The molecule has 1 rings (SSSR count). The molecule has 1 unspecified atom stereocenters. The Kier molecular flexibility index (Phi) is 5.65. The highest BCUT2D eigenvalue weighted by molar-refractivity contribution is 5.97. The first kappa shape index (κ1) is 14.5. The van der Waals surface area contributed by atoms with E-state index < -0.39 is 0 Å². The molecule has 0 fully saturated rings. The zero-order valence-corrected chi connectivity index (χ0v) is 11.2. The van der Waals surface area contributed by atoms with E-state index >= 15 is 0 Å². The number of methoxy groups -OCH3 is 1. The average molecular weight is 251 g/mol.